The van der Waals surface area contributed by atoms with Gasteiger partial charge in [0.2, 0.25) is 0 Å². The Bertz CT molecular complexity index is 152. The van der Waals surface area contributed by atoms with E-state index in [4.69, 9.17) is 0 Å². The van der Waals surface area contributed by atoms with Gasteiger partial charge in [0, 0.05) is 19.6 Å². The first kappa shape index (κ1) is 7.56. The Labute approximate surface area is 69.0 Å². The molecule has 1 unspecified atom stereocenters. The van der Waals surface area contributed by atoms with Crippen molar-refractivity contribution in [3.63, 3.8) is 0 Å². The first-order valence-electron chi connectivity index (χ1n) is 4.60. The van der Waals surface area contributed by atoms with Gasteiger partial charge in [0.05, 0.1) is 0 Å². The van der Waals surface area contributed by atoms with E-state index in [-0.39, 0.29) is 0 Å². The lowest BCUT2D eigenvalue weighted by Gasteiger charge is -2.44. The summed E-state index contributed by atoms with van der Waals surface area (Å²) in [5.74, 6) is 0.953. The fourth-order valence-electron chi connectivity index (χ4n) is 2.31. The fourth-order valence-corrected chi connectivity index (χ4v) is 2.31. The molecule has 2 aliphatic heterocycles. The molecule has 0 spiro atoms. The van der Waals surface area contributed by atoms with E-state index in [2.05, 4.69) is 24.2 Å². The number of nitrogens with one attached hydrogen (secondary N) is 1. The molecule has 1 N–H and O–H groups in total. The van der Waals surface area contributed by atoms with Crippen LogP contribution in [0.3, 0.4) is 0 Å². The van der Waals surface area contributed by atoms with E-state index in [9.17, 15) is 0 Å². The molecule has 1 atom stereocenters. The van der Waals surface area contributed by atoms with Crippen LogP contribution in [0.4, 0.5) is 0 Å². The summed E-state index contributed by atoms with van der Waals surface area (Å²) in [6.07, 6.45) is 1.41. The highest BCUT2D eigenvalue weighted by molar-refractivity contribution is 4.96. The van der Waals surface area contributed by atoms with Gasteiger partial charge in [0.15, 0.2) is 0 Å². The molecule has 2 rings (SSSR count). The molecule has 0 aromatic carbocycles. The second-order valence-corrected chi connectivity index (χ2v) is 4.51. The third-order valence-electron chi connectivity index (χ3n) is 3.43. The number of hydrogen-bond donors (Lipinski definition) is 1. The predicted octanol–water partition coefficient (Wildman–Crippen LogP) is 0.548. The summed E-state index contributed by atoms with van der Waals surface area (Å²) in [5.41, 5.74) is 0.630. The summed E-state index contributed by atoms with van der Waals surface area (Å²) < 4.78 is 0. The van der Waals surface area contributed by atoms with Gasteiger partial charge in [0.25, 0.3) is 0 Å². The number of hydrogen-bond acceptors (Lipinski definition) is 2. The second-order valence-electron chi connectivity index (χ2n) is 4.51. The van der Waals surface area contributed by atoms with Gasteiger partial charge in [-0.25, -0.2) is 0 Å². The van der Waals surface area contributed by atoms with Crippen molar-refractivity contribution in [1.82, 2.24) is 10.2 Å². The molecule has 0 amide bonds. The molecule has 0 saturated carbocycles. The van der Waals surface area contributed by atoms with Gasteiger partial charge in [-0.3, -0.25) is 0 Å². The van der Waals surface area contributed by atoms with Crippen molar-refractivity contribution >= 4 is 0 Å². The Morgan fingerprint density at radius 2 is 2.18 bits per heavy atom. The van der Waals surface area contributed by atoms with Crippen molar-refractivity contribution in [2.45, 2.75) is 13.3 Å². The van der Waals surface area contributed by atoms with Crippen molar-refractivity contribution in [3.05, 3.63) is 0 Å². The molecule has 0 aromatic heterocycles. The first-order chi connectivity index (χ1) is 5.21. The van der Waals surface area contributed by atoms with Crippen LogP contribution in [-0.4, -0.2) is 38.1 Å². The van der Waals surface area contributed by atoms with Crippen molar-refractivity contribution in [3.8, 4) is 0 Å². The second kappa shape index (κ2) is 2.46. The Balaban J connectivity index is 1.95. The molecule has 2 aliphatic rings. The summed E-state index contributed by atoms with van der Waals surface area (Å²) in [6.45, 7) is 7.53. The third kappa shape index (κ3) is 1.18. The summed E-state index contributed by atoms with van der Waals surface area (Å²) in [7, 11) is 2.23. The van der Waals surface area contributed by atoms with Gasteiger partial charge in [-0.15, -0.1) is 0 Å². The topological polar surface area (TPSA) is 15.3 Å². The van der Waals surface area contributed by atoms with Crippen LogP contribution in [0.5, 0.6) is 0 Å². The van der Waals surface area contributed by atoms with E-state index in [1.165, 1.54) is 32.6 Å². The van der Waals surface area contributed by atoms with Gasteiger partial charge in [-0.2, -0.15) is 0 Å². The van der Waals surface area contributed by atoms with Gasteiger partial charge < -0.3 is 10.2 Å². The Morgan fingerprint density at radius 3 is 2.55 bits per heavy atom. The van der Waals surface area contributed by atoms with Crippen LogP contribution >= 0.6 is 0 Å². The van der Waals surface area contributed by atoms with Crippen LogP contribution in [0.1, 0.15) is 13.3 Å². The molecular weight excluding hydrogens is 136 g/mol. The maximum absolute atomic E-state index is 3.37. The summed E-state index contributed by atoms with van der Waals surface area (Å²) in [4.78, 5) is 2.45. The SMILES string of the molecule is CN1CCC(C2(C)CNC2)C1. The molecular formula is C9H18N2. The van der Waals surface area contributed by atoms with E-state index < -0.39 is 0 Å². The molecule has 2 nitrogen and oxygen atoms in total. The molecule has 0 radical (unpaired) electrons. The minimum absolute atomic E-state index is 0.630. The summed E-state index contributed by atoms with van der Waals surface area (Å²) in [6, 6.07) is 0. The molecule has 0 bridgehead atoms. The average molecular weight is 154 g/mol. The highest BCUT2D eigenvalue weighted by Gasteiger charge is 2.41. The Kier molecular flexibility index (Phi) is 1.69. The summed E-state index contributed by atoms with van der Waals surface area (Å²) >= 11 is 0. The van der Waals surface area contributed by atoms with Crippen molar-refractivity contribution in [2.24, 2.45) is 11.3 Å². The molecule has 0 aliphatic carbocycles. The molecule has 2 heteroatoms. The van der Waals surface area contributed by atoms with Crippen LogP contribution in [0, 0.1) is 11.3 Å². The van der Waals surface area contributed by atoms with E-state index in [0.29, 0.717) is 5.41 Å². The van der Waals surface area contributed by atoms with Crippen LogP contribution in [0.2, 0.25) is 0 Å². The maximum atomic E-state index is 3.37. The average Bonchev–Trinajstić information content (AvgIpc) is 2.31. The van der Waals surface area contributed by atoms with Crippen LogP contribution in [0.15, 0.2) is 0 Å². The number of nitrogens with zero attached hydrogens (tertiary/aromatic N) is 1. The third-order valence-corrected chi connectivity index (χ3v) is 3.43. The zero-order valence-electron chi connectivity index (χ0n) is 7.56. The number of rotatable bonds is 1. The molecule has 0 aromatic rings. The molecule has 2 fully saturated rings. The van der Waals surface area contributed by atoms with Crippen LogP contribution in [0.25, 0.3) is 0 Å². The van der Waals surface area contributed by atoms with E-state index in [1.807, 2.05) is 0 Å². The zero-order valence-corrected chi connectivity index (χ0v) is 7.56. The minimum Gasteiger partial charge on any atom is -0.316 e. The quantitative estimate of drug-likeness (QED) is 0.593. The van der Waals surface area contributed by atoms with Crippen LogP contribution in [-0.2, 0) is 0 Å². The molecule has 11 heavy (non-hydrogen) atoms. The van der Waals surface area contributed by atoms with Gasteiger partial charge in [0.1, 0.15) is 0 Å². The molecule has 64 valence electrons. The van der Waals surface area contributed by atoms with Crippen molar-refractivity contribution in [2.75, 3.05) is 33.2 Å². The minimum atomic E-state index is 0.630. The van der Waals surface area contributed by atoms with E-state index >= 15 is 0 Å². The van der Waals surface area contributed by atoms with Crippen molar-refractivity contribution in [1.29, 1.82) is 0 Å². The zero-order chi connectivity index (χ0) is 7.90. The normalized spacial score (nSPS) is 37.1. The standard InChI is InChI=1S/C9H18N2/c1-9(6-10-7-9)8-3-4-11(2)5-8/h8,10H,3-7H2,1-2H3. The van der Waals surface area contributed by atoms with Gasteiger partial charge >= 0.3 is 0 Å². The predicted molar refractivity (Wildman–Crippen MR) is 46.6 cm³/mol. The lowest BCUT2D eigenvalue weighted by Crippen LogP contribution is -2.56. The highest BCUT2D eigenvalue weighted by Crippen LogP contribution is 2.36. The maximum Gasteiger partial charge on any atom is 0.00207 e. The van der Waals surface area contributed by atoms with Gasteiger partial charge in [-0.1, -0.05) is 6.92 Å². The smallest absolute Gasteiger partial charge is 0.00207 e. The van der Waals surface area contributed by atoms with Crippen LogP contribution < -0.4 is 5.32 Å². The first-order valence-corrected chi connectivity index (χ1v) is 4.60. The molecule has 2 saturated heterocycles. The molecule has 2 heterocycles. The monoisotopic (exact) mass is 154 g/mol. The lowest BCUT2D eigenvalue weighted by molar-refractivity contribution is 0.106. The van der Waals surface area contributed by atoms with E-state index in [0.717, 1.165) is 5.92 Å². The largest absolute Gasteiger partial charge is 0.316 e. The van der Waals surface area contributed by atoms with E-state index in [1.54, 1.807) is 0 Å². The number of likely N-dealkylation sites (tertiary alicyclic amines) is 1. The Hall–Kier alpha value is -0.0800. The highest BCUT2D eigenvalue weighted by atomic mass is 15.1. The lowest BCUT2D eigenvalue weighted by atomic mass is 9.72. The summed E-state index contributed by atoms with van der Waals surface area (Å²) in [5, 5.41) is 3.37. The fraction of sp³-hybridized carbons (Fsp3) is 1.00. The van der Waals surface area contributed by atoms with Gasteiger partial charge in [-0.05, 0) is 31.3 Å². The Morgan fingerprint density at radius 1 is 1.45 bits per heavy atom. The van der Waals surface area contributed by atoms with Crippen molar-refractivity contribution < 1.29 is 0 Å².